The molecule has 0 spiro atoms. The lowest BCUT2D eigenvalue weighted by atomic mass is 10.1. The Morgan fingerprint density at radius 1 is 0.500 bits per heavy atom. The molecule has 0 radical (unpaired) electrons. The van der Waals surface area contributed by atoms with Crippen molar-refractivity contribution in [3.05, 3.63) is 0 Å². The Bertz CT molecular complexity index is 486. The van der Waals surface area contributed by atoms with Gasteiger partial charge in [-0.05, 0) is 25.7 Å². The van der Waals surface area contributed by atoms with Crippen LogP contribution in [-0.4, -0.2) is 46.3 Å². The second-order valence-electron chi connectivity index (χ2n) is 8.05. The van der Waals surface area contributed by atoms with Gasteiger partial charge in [0.05, 0.1) is 0 Å². The first-order chi connectivity index (χ1) is 14.8. The van der Waals surface area contributed by atoms with Crippen molar-refractivity contribution in [2.45, 2.75) is 104 Å². The average molecular weight is 423 g/mol. The van der Waals surface area contributed by atoms with Crippen molar-refractivity contribution in [2.24, 2.45) is 0 Å². The minimum absolute atomic E-state index is 0.339. The molecule has 0 atom stereocenters. The molecule has 1 aromatic heterocycles. The van der Waals surface area contributed by atoms with Gasteiger partial charge in [-0.1, -0.05) is 78.1 Å². The first-order valence-corrected chi connectivity index (χ1v) is 12.4. The van der Waals surface area contributed by atoms with Gasteiger partial charge in [0, 0.05) is 26.2 Å². The van der Waals surface area contributed by atoms with Crippen LogP contribution >= 0.6 is 0 Å². The standard InChI is InChI=1S/C23H46N6O/c1-3-5-17-24-21-27-22(25-18-6-4-2)29-23(28-21)26-19-15-13-11-9-7-8-10-12-14-16-20-30/h30H,3-20H2,1-2H3,(H3,24,25,26,27,28,29). The monoisotopic (exact) mass is 422 g/mol. The molecule has 0 unspecified atom stereocenters. The third-order valence-corrected chi connectivity index (χ3v) is 5.13. The van der Waals surface area contributed by atoms with Crippen molar-refractivity contribution in [1.82, 2.24) is 15.0 Å². The molecule has 7 nitrogen and oxygen atoms in total. The molecule has 0 aliphatic carbocycles. The van der Waals surface area contributed by atoms with Gasteiger partial charge in [-0.2, -0.15) is 15.0 Å². The zero-order valence-corrected chi connectivity index (χ0v) is 19.5. The van der Waals surface area contributed by atoms with Gasteiger partial charge in [0.15, 0.2) is 0 Å². The van der Waals surface area contributed by atoms with Crippen LogP contribution in [0.5, 0.6) is 0 Å². The Labute approximate surface area is 184 Å². The Balaban J connectivity index is 2.23. The summed E-state index contributed by atoms with van der Waals surface area (Å²) in [5.74, 6) is 1.96. The summed E-state index contributed by atoms with van der Waals surface area (Å²) in [4.78, 5) is 13.5. The maximum absolute atomic E-state index is 8.77. The molecule has 0 aliphatic heterocycles. The molecule has 1 rings (SSSR count). The summed E-state index contributed by atoms with van der Waals surface area (Å²) >= 11 is 0. The van der Waals surface area contributed by atoms with Crippen molar-refractivity contribution in [2.75, 3.05) is 42.2 Å². The van der Waals surface area contributed by atoms with Gasteiger partial charge in [-0.25, -0.2) is 0 Å². The van der Waals surface area contributed by atoms with Gasteiger partial charge >= 0.3 is 0 Å². The van der Waals surface area contributed by atoms with E-state index in [1.165, 1.54) is 51.4 Å². The van der Waals surface area contributed by atoms with Crippen molar-refractivity contribution < 1.29 is 5.11 Å². The summed E-state index contributed by atoms with van der Waals surface area (Å²) in [5.41, 5.74) is 0. The van der Waals surface area contributed by atoms with Crippen molar-refractivity contribution >= 4 is 17.8 Å². The molecular weight excluding hydrogens is 376 g/mol. The summed E-state index contributed by atoms with van der Waals surface area (Å²) in [6.07, 6.45) is 16.9. The fourth-order valence-electron chi connectivity index (χ4n) is 3.22. The van der Waals surface area contributed by atoms with Crippen LogP contribution in [0.4, 0.5) is 17.8 Å². The summed E-state index contributed by atoms with van der Waals surface area (Å²) in [5, 5.41) is 18.8. The van der Waals surface area contributed by atoms with E-state index in [1.54, 1.807) is 0 Å². The molecule has 0 amide bonds. The van der Waals surface area contributed by atoms with Gasteiger partial charge in [-0.3, -0.25) is 0 Å². The number of nitrogens with one attached hydrogen (secondary N) is 3. The molecule has 0 fully saturated rings. The number of hydrogen-bond acceptors (Lipinski definition) is 7. The molecule has 1 aromatic rings. The minimum atomic E-state index is 0.339. The van der Waals surface area contributed by atoms with Crippen LogP contribution in [0, 0.1) is 0 Å². The van der Waals surface area contributed by atoms with Crippen molar-refractivity contribution in [3.8, 4) is 0 Å². The highest BCUT2D eigenvalue weighted by atomic mass is 16.2. The minimum Gasteiger partial charge on any atom is -0.396 e. The van der Waals surface area contributed by atoms with Gasteiger partial charge in [0.2, 0.25) is 17.8 Å². The van der Waals surface area contributed by atoms with E-state index in [4.69, 9.17) is 5.11 Å². The number of aliphatic hydroxyl groups excluding tert-OH is 1. The van der Waals surface area contributed by atoms with E-state index in [0.717, 1.165) is 58.2 Å². The van der Waals surface area contributed by atoms with E-state index in [-0.39, 0.29) is 0 Å². The lowest BCUT2D eigenvalue weighted by molar-refractivity contribution is 0.282. The normalized spacial score (nSPS) is 10.9. The summed E-state index contributed by atoms with van der Waals surface area (Å²) in [6.45, 7) is 7.36. The molecule has 0 saturated carbocycles. The van der Waals surface area contributed by atoms with Crippen LogP contribution in [-0.2, 0) is 0 Å². The zero-order valence-electron chi connectivity index (χ0n) is 19.5. The third kappa shape index (κ3) is 14.4. The second kappa shape index (κ2) is 19.3. The summed E-state index contributed by atoms with van der Waals surface area (Å²) < 4.78 is 0. The molecule has 0 aliphatic rings. The van der Waals surface area contributed by atoms with Crippen LogP contribution < -0.4 is 16.0 Å². The number of nitrogens with zero attached hydrogens (tertiary/aromatic N) is 3. The fourth-order valence-corrected chi connectivity index (χ4v) is 3.22. The fraction of sp³-hybridized carbons (Fsp3) is 0.870. The zero-order chi connectivity index (χ0) is 21.7. The lowest BCUT2D eigenvalue weighted by Crippen LogP contribution is -2.14. The van der Waals surface area contributed by atoms with Gasteiger partial charge in [-0.15, -0.1) is 0 Å². The second-order valence-corrected chi connectivity index (χ2v) is 8.05. The SMILES string of the molecule is CCCCNc1nc(NCCCC)nc(NCCCCCCCCCCCCO)n1. The molecule has 4 N–H and O–H groups in total. The van der Waals surface area contributed by atoms with Gasteiger partial charge in [0.1, 0.15) is 0 Å². The smallest absolute Gasteiger partial charge is 0.229 e. The van der Waals surface area contributed by atoms with Crippen LogP contribution in [0.1, 0.15) is 104 Å². The average Bonchev–Trinajstić information content (AvgIpc) is 2.75. The van der Waals surface area contributed by atoms with E-state index >= 15 is 0 Å². The predicted molar refractivity (Wildman–Crippen MR) is 128 cm³/mol. The molecular formula is C23H46N6O. The third-order valence-electron chi connectivity index (χ3n) is 5.13. The van der Waals surface area contributed by atoms with Crippen LogP contribution in [0.2, 0.25) is 0 Å². The van der Waals surface area contributed by atoms with Gasteiger partial charge < -0.3 is 21.1 Å². The molecule has 0 aromatic carbocycles. The van der Waals surface area contributed by atoms with E-state index < -0.39 is 0 Å². The van der Waals surface area contributed by atoms with Crippen molar-refractivity contribution in [3.63, 3.8) is 0 Å². The molecule has 30 heavy (non-hydrogen) atoms. The van der Waals surface area contributed by atoms with E-state index in [2.05, 4.69) is 44.7 Å². The van der Waals surface area contributed by atoms with E-state index in [1.807, 2.05) is 0 Å². The largest absolute Gasteiger partial charge is 0.396 e. The highest BCUT2D eigenvalue weighted by molar-refractivity contribution is 5.42. The van der Waals surface area contributed by atoms with E-state index in [0.29, 0.717) is 24.5 Å². The number of hydrogen-bond donors (Lipinski definition) is 4. The Kier molecular flexibility index (Phi) is 17.0. The lowest BCUT2D eigenvalue weighted by Gasteiger charge is -2.11. The highest BCUT2D eigenvalue weighted by Crippen LogP contribution is 2.12. The van der Waals surface area contributed by atoms with Crippen LogP contribution in [0.15, 0.2) is 0 Å². The Hall–Kier alpha value is -1.63. The number of aromatic nitrogens is 3. The molecule has 7 heteroatoms. The number of aliphatic hydroxyl groups is 1. The number of rotatable bonds is 21. The van der Waals surface area contributed by atoms with Gasteiger partial charge in [0.25, 0.3) is 0 Å². The number of anilines is 3. The maximum atomic E-state index is 8.77. The molecule has 174 valence electrons. The Morgan fingerprint density at radius 3 is 1.20 bits per heavy atom. The predicted octanol–water partition coefficient (Wildman–Crippen LogP) is 5.60. The molecule has 0 bridgehead atoms. The highest BCUT2D eigenvalue weighted by Gasteiger charge is 2.06. The quantitative estimate of drug-likeness (QED) is 0.191. The van der Waals surface area contributed by atoms with Crippen molar-refractivity contribution in [1.29, 1.82) is 0 Å². The van der Waals surface area contributed by atoms with Crippen LogP contribution in [0.25, 0.3) is 0 Å². The van der Waals surface area contributed by atoms with E-state index in [9.17, 15) is 0 Å². The molecule has 0 saturated heterocycles. The topological polar surface area (TPSA) is 95.0 Å². The maximum Gasteiger partial charge on any atom is 0.229 e. The number of unbranched alkanes of at least 4 members (excludes halogenated alkanes) is 11. The first kappa shape index (κ1) is 26.4. The molecule has 1 heterocycles. The Morgan fingerprint density at radius 2 is 0.833 bits per heavy atom. The summed E-state index contributed by atoms with van der Waals surface area (Å²) in [7, 11) is 0. The van der Waals surface area contributed by atoms with Crippen LogP contribution in [0.3, 0.4) is 0 Å². The summed E-state index contributed by atoms with van der Waals surface area (Å²) in [6, 6.07) is 0. The first-order valence-electron chi connectivity index (χ1n) is 12.4.